The highest BCUT2D eigenvalue weighted by atomic mass is 35.5. The Morgan fingerprint density at radius 2 is 2.12 bits per heavy atom. The molecule has 0 fully saturated rings. The minimum Gasteiger partial charge on any atom is -0.487 e. The fourth-order valence-corrected chi connectivity index (χ4v) is 7.23. The van der Waals surface area contributed by atoms with E-state index in [-0.39, 0.29) is 30.5 Å². The highest BCUT2D eigenvalue weighted by molar-refractivity contribution is 7.17. The third-order valence-corrected chi connectivity index (χ3v) is 9.68. The first-order valence-electron chi connectivity index (χ1n) is 14.5. The first kappa shape index (κ1) is 28.7. The third kappa shape index (κ3) is 5.42. The summed E-state index contributed by atoms with van der Waals surface area (Å²) in [4.78, 5) is 20.1. The van der Waals surface area contributed by atoms with E-state index in [0.717, 1.165) is 58.8 Å². The summed E-state index contributed by atoms with van der Waals surface area (Å²) in [5.41, 5.74) is 12.1. The van der Waals surface area contributed by atoms with E-state index in [1.807, 2.05) is 49.4 Å². The summed E-state index contributed by atoms with van der Waals surface area (Å²) in [7, 11) is 1.92. The summed E-state index contributed by atoms with van der Waals surface area (Å²) in [5.74, 6) is 0.332. The largest absolute Gasteiger partial charge is 0.487 e. The van der Waals surface area contributed by atoms with Gasteiger partial charge in [-0.25, -0.2) is 0 Å². The summed E-state index contributed by atoms with van der Waals surface area (Å²) < 4.78 is 13.1. The topological polar surface area (TPSA) is 79.0 Å². The number of fused-ring (bicyclic) bond motifs is 3. The molecule has 4 heterocycles. The number of benzene rings is 2. The highest BCUT2D eigenvalue weighted by Gasteiger charge is 2.31. The maximum atomic E-state index is 13.0. The number of carbonyl (C=O) groups is 1. The van der Waals surface area contributed by atoms with E-state index in [4.69, 9.17) is 26.1 Å². The minimum atomic E-state index is -0.284. The lowest BCUT2D eigenvalue weighted by molar-refractivity contribution is -0.143. The zero-order valence-electron chi connectivity index (χ0n) is 24.3. The fourth-order valence-electron chi connectivity index (χ4n) is 6.00. The lowest BCUT2D eigenvalue weighted by Gasteiger charge is -2.29. The van der Waals surface area contributed by atoms with Crippen LogP contribution in [0.25, 0.3) is 10.1 Å². The Morgan fingerprint density at radius 1 is 1.26 bits per heavy atom. The van der Waals surface area contributed by atoms with Gasteiger partial charge in [-0.3, -0.25) is 19.7 Å². The molecule has 0 saturated heterocycles. The van der Waals surface area contributed by atoms with Gasteiger partial charge in [0.25, 0.3) is 0 Å². The molecule has 8 nitrogen and oxygen atoms in total. The fraction of sp³-hybridized carbons (Fsp3) is 0.375. The van der Waals surface area contributed by atoms with E-state index < -0.39 is 0 Å². The molecule has 6 rings (SSSR count). The zero-order valence-corrected chi connectivity index (χ0v) is 25.9. The van der Waals surface area contributed by atoms with E-state index in [9.17, 15) is 4.79 Å². The van der Waals surface area contributed by atoms with Crippen molar-refractivity contribution in [3.63, 3.8) is 0 Å². The average molecular weight is 606 g/mol. The second-order valence-corrected chi connectivity index (χ2v) is 12.2. The Labute approximate surface area is 255 Å². The molecule has 3 atom stereocenters. The van der Waals surface area contributed by atoms with Gasteiger partial charge in [0.2, 0.25) is 0 Å². The molecule has 42 heavy (non-hydrogen) atoms. The minimum absolute atomic E-state index is 0.0703. The number of anilines is 2. The summed E-state index contributed by atoms with van der Waals surface area (Å²) in [5, 5.41) is 5.76. The molecule has 0 saturated carbocycles. The number of nitrogens with one attached hydrogen (secondary N) is 2. The van der Waals surface area contributed by atoms with Crippen LogP contribution in [-0.4, -0.2) is 42.2 Å². The van der Waals surface area contributed by atoms with Crippen LogP contribution in [-0.2, 0) is 16.1 Å². The molecule has 2 aromatic carbocycles. The van der Waals surface area contributed by atoms with Crippen molar-refractivity contribution >= 4 is 50.4 Å². The van der Waals surface area contributed by atoms with Crippen LogP contribution in [0.4, 0.5) is 11.4 Å². The Bertz CT molecular complexity index is 1610. The first-order valence-corrected chi connectivity index (χ1v) is 15.7. The molecule has 2 N–H and O–H groups in total. The number of pyridine rings is 1. The van der Waals surface area contributed by atoms with Crippen LogP contribution in [0.1, 0.15) is 68.0 Å². The van der Waals surface area contributed by atoms with Crippen LogP contribution in [0, 0.1) is 0 Å². The number of rotatable bonds is 8. The Kier molecular flexibility index (Phi) is 8.27. The summed E-state index contributed by atoms with van der Waals surface area (Å²) in [6.45, 7) is 8.04. The number of hydrazine groups is 2. The van der Waals surface area contributed by atoms with Gasteiger partial charge in [-0.2, -0.15) is 0 Å². The van der Waals surface area contributed by atoms with Gasteiger partial charge in [-0.15, -0.1) is 16.9 Å². The van der Waals surface area contributed by atoms with E-state index in [0.29, 0.717) is 11.6 Å². The van der Waals surface area contributed by atoms with Crippen molar-refractivity contribution in [2.75, 3.05) is 30.6 Å². The molecule has 0 amide bonds. The quantitative estimate of drug-likeness (QED) is 0.207. The predicted molar refractivity (Wildman–Crippen MR) is 169 cm³/mol. The van der Waals surface area contributed by atoms with Crippen molar-refractivity contribution in [3.8, 4) is 5.75 Å². The van der Waals surface area contributed by atoms with Crippen molar-refractivity contribution in [3.05, 3.63) is 81.4 Å². The summed E-state index contributed by atoms with van der Waals surface area (Å²) >= 11 is 8.77. The molecular weight excluding hydrogens is 570 g/mol. The highest BCUT2D eigenvalue weighted by Crippen LogP contribution is 2.44. The van der Waals surface area contributed by atoms with Gasteiger partial charge in [0.05, 0.1) is 41.2 Å². The molecule has 0 radical (unpaired) electrons. The molecule has 10 heteroatoms. The second-order valence-electron chi connectivity index (χ2n) is 10.9. The monoisotopic (exact) mass is 605 g/mol. The SMILES string of the molecule is CCOC(=O)C[C@H](c1cc(CN2C[C@@H](CC)Oc3cccnc3[C@@H]2C)c2sccc2c1)c1ccc2c(c1Cl)NNN2C. The van der Waals surface area contributed by atoms with Gasteiger partial charge in [-0.1, -0.05) is 30.7 Å². The number of carbonyl (C=O) groups excluding carboxylic acids is 1. The van der Waals surface area contributed by atoms with Crippen molar-refractivity contribution in [2.45, 2.75) is 58.2 Å². The van der Waals surface area contributed by atoms with Gasteiger partial charge in [0.1, 0.15) is 11.9 Å². The molecule has 2 aromatic heterocycles. The standard InChI is InChI=1S/C32H36ClN5O3S/c1-5-23-18-38(19(3)30-27(41-23)8-7-12-34-30)17-22-15-21(14-20-11-13-42-32(20)22)25(16-28(39)40-6-2)24-9-10-26-31(29(24)33)35-36-37(26)4/h7-15,19,23,25,35-36H,5-6,16-18H2,1-4H3/t19-,23+,25+/m0/s1. The van der Waals surface area contributed by atoms with E-state index in [2.05, 4.69) is 53.3 Å². The molecule has 220 valence electrons. The van der Waals surface area contributed by atoms with Crippen molar-refractivity contribution < 1.29 is 14.3 Å². The third-order valence-electron chi connectivity index (χ3n) is 8.27. The van der Waals surface area contributed by atoms with Crippen molar-refractivity contribution in [1.29, 1.82) is 0 Å². The molecule has 0 bridgehead atoms. The van der Waals surface area contributed by atoms with Crippen molar-refractivity contribution in [2.24, 2.45) is 0 Å². The number of nitrogens with zero attached hydrogens (tertiary/aromatic N) is 3. The van der Waals surface area contributed by atoms with Crippen LogP contribution in [0.15, 0.2) is 54.0 Å². The normalized spacial score (nSPS) is 19.0. The van der Waals surface area contributed by atoms with Gasteiger partial charge in [0.15, 0.2) is 0 Å². The van der Waals surface area contributed by atoms with Gasteiger partial charge >= 0.3 is 5.97 Å². The number of aromatic nitrogens is 1. The van der Waals surface area contributed by atoms with Crippen molar-refractivity contribution in [1.82, 2.24) is 15.4 Å². The molecular formula is C32H36ClN5O3S. The number of hydrogen-bond donors (Lipinski definition) is 2. The van der Waals surface area contributed by atoms with Crippen LogP contribution in [0.5, 0.6) is 5.75 Å². The summed E-state index contributed by atoms with van der Waals surface area (Å²) in [6, 6.07) is 14.7. The first-order chi connectivity index (χ1) is 20.4. The summed E-state index contributed by atoms with van der Waals surface area (Å²) in [6.07, 6.45) is 3.00. The number of ether oxygens (including phenoxy) is 2. The zero-order chi connectivity index (χ0) is 29.4. The average Bonchev–Trinajstić information content (AvgIpc) is 3.59. The number of halogens is 1. The number of hydrogen-bond acceptors (Lipinski definition) is 9. The van der Waals surface area contributed by atoms with E-state index in [1.165, 1.54) is 10.3 Å². The van der Waals surface area contributed by atoms with Crippen LogP contribution >= 0.6 is 22.9 Å². The lowest BCUT2D eigenvalue weighted by Crippen LogP contribution is -2.34. The van der Waals surface area contributed by atoms with E-state index >= 15 is 0 Å². The molecule has 0 unspecified atom stereocenters. The van der Waals surface area contributed by atoms with Gasteiger partial charge in [0, 0.05) is 37.0 Å². The lowest BCUT2D eigenvalue weighted by atomic mass is 9.86. The molecule has 0 spiro atoms. The maximum absolute atomic E-state index is 13.0. The molecule has 4 aromatic rings. The van der Waals surface area contributed by atoms with E-state index in [1.54, 1.807) is 11.3 Å². The second kappa shape index (κ2) is 12.1. The molecule has 2 aliphatic heterocycles. The Hall–Kier alpha value is -3.37. The van der Waals surface area contributed by atoms with Crippen LogP contribution in [0.3, 0.4) is 0 Å². The number of esters is 1. The maximum Gasteiger partial charge on any atom is 0.306 e. The van der Waals surface area contributed by atoms with Crippen LogP contribution in [0.2, 0.25) is 5.02 Å². The van der Waals surface area contributed by atoms with Crippen LogP contribution < -0.4 is 20.7 Å². The molecule has 0 aliphatic carbocycles. The molecule has 2 aliphatic rings. The Morgan fingerprint density at radius 3 is 2.93 bits per heavy atom. The Balaban J connectivity index is 1.42. The van der Waals surface area contributed by atoms with Gasteiger partial charge in [-0.05, 0) is 78.1 Å². The smallest absolute Gasteiger partial charge is 0.306 e. The van der Waals surface area contributed by atoms with Gasteiger partial charge < -0.3 is 14.9 Å². The predicted octanol–water partition coefficient (Wildman–Crippen LogP) is 7.05. The number of thiophene rings is 1.